The first-order valence-electron chi connectivity index (χ1n) is 5.60. The summed E-state index contributed by atoms with van der Waals surface area (Å²) in [7, 11) is 0. The number of aliphatic hydroxyl groups is 1. The molecule has 0 radical (unpaired) electrons. The number of anilines is 1. The minimum Gasteiger partial charge on any atom is -0.393 e. The third kappa shape index (κ3) is 1.81. The highest BCUT2D eigenvalue weighted by Crippen LogP contribution is 2.41. The van der Waals surface area contributed by atoms with Gasteiger partial charge in [0.25, 0.3) is 5.92 Å². The normalized spacial score (nSPS) is 26.1. The lowest BCUT2D eigenvalue weighted by atomic mass is 10.2. The molecule has 3 N–H and O–H groups in total. The molecule has 3 heterocycles. The monoisotopic (exact) mass is 271 g/mol. The van der Waals surface area contributed by atoms with Gasteiger partial charge in [0.15, 0.2) is 11.5 Å². The van der Waals surface area contributed by atoms with Gasteiger partial charge in [-0.15, -0.1) is 0 Å². The highest BCUT2D eigenvalue weighted by Gasteiger charge is 2.50. The first kappa shape index (κ1) is 12.2. The number of halogens is 2. The Morgan fingerprint density at radius 3 is 2.95 bits per heavy atom. The van der Waals surface area contributed by atoms with Gasteiger partial charge in [-0.1, -0.05) is 0 Å². The average molecular weight is 271 g/mol. The van der Waals surface area contributed by atoms with E-state index in [-0.39, 0.29) is 5.82 Å². The second-order valence-corrected chi connectivity index (χ2v) is 4.31. The van der Waals surface area contributed by atoms with Crippen LogP contribution in [0.4, 0.5) is 14.6 Å². The summed E-state index contributed by atoms with van der Waals surface area (Å²) < 4.78 is 33.6. The minimum absolute atomic E-state index is 0.173. The standard InChI is InChI=1S/C10H11F2N5O2/c11-10(12)1-6(19-5(10)2-18)17-4-16-7-8(13)14-3-15-9(7)17/h3-6,18H,1-2H2,(H2,13,14,15)/t5-,6-/m0/s1. The van der Waals surface area contributed by atoms with Gasteiger partial charge in [0.2, 0.25) is 0 Å². The van der Waals surface area contributed by atoms with Crippen LogP contribution in [0.15, 0.2) is 12.7 Å². The Labute approximate surface area is 106 Å². The number of aliphatic hydroxyl groups excluding tert-OH is 1. The van der Waals surface area contributed by atoms with Crippen LogP contribution >= 0.6 is 0 Å². The van der Waals surface area contributed by atoms with Crippen molar-refractivity contribution in [1.82, 2.24) is 19.5 Å². The van der Waals surface area contributed by atoms with Gasteiger partial charge in [-0.3, -0.25) is 4.57 Å². The van der Waals surface area contributed by atoms with E-state index in [1.54, 1.807) is 0 Å². The molecule has 0 aromatic carbocycles. The van der Waals surface area contributed by atoms with Crippen molar-refractivity contribution < 1.29 is 18.6 Å². The zero-order chi connectivity index (χ0) is 13.6. The molecule has 1 aliphatic heterocycles. The van der Waals surface area contributed by atoms with Gasteiger partial charge in [0, 0.05) is 0 Å². The van der Waals surface area contributed by atoms with E-state index in [0.29, 0.717) is 11.2 Å². The fourth-order valence-corrected chi connectivity index (χ4v) is 2.12. The van der Waals surface area contributed by atoms with Crippen LogP contribution in [0.25, 0.3) is 11.2 Å². The summed E-state index contributed by atoms with van der Waals surface area (Å²) in [5, 5.41) is 8.90. The first-order valence-corrected chi connectivity index (χ1v) is 5.60. The Morgan fingerprint density at radius 2 is 2.26 bits per heavy atom. The molecular formula is C10H11F2N5O2. The Bertz CT molecular complexity index is 617. The summed E-state index contributed by atoms with van der Waals surface area (Å²) in [5.41, 5.74) is 6.28. The van der Waals surface area contributed by atoms with Crippen molar-refractivity contribution in [2.45, 2.75) is 24.7 Å². The lowest BCUT2D eigenvalue weighted by molar-refractivity contribution is -0.101. The molecule has 2 atom stereocenters. The molecule has 3 rings (SSSR count). The number of hydrogen-bond acceptors (Lipinski definition) is 6. The largest absolute Gasteiger partial charge is 0.393 e. The smallest absolute Gasteiger partial charge is 0.280 e. The molecule has 19 heavy (non-hydrogen) atoms. The molecular weight excluding hydrogens is 260 g/mol. The van der Waals surface area contributed by atoms with Crippen molar-refractivity contribution in [1.29, 1.82) is 0 Å². The summed E-state index contributed by atoms with van der Waals surface area (Å²) >= 11 is 0. The molecule has 0 saturated carbocycles. The van der Waals surface area contributed by atoms with Gasteiger partial charge >= 0.3 is 0 Å². The summed E-state index contributed by atoms with van der Waals surface area (Å²) in [6.07, 6.45) is -0.448. The predicted molar refractivity (Wildman–Crippen MR) is 60.3 cm³/mol. The number of nitrogens with two attached hydrogens (primary N) is 1. The SMILES string of the molecule is Nc1ncnc2c1ncn2[C@@H]1CC(F)(F)[C@H](CO)O1. The fourth-order valence-electron chi connectivity index (χ4n) is 2.12. The zero-order valence-corrected chi connectivity index (χ0v) is 9.70. The quantitative estimate of drug-likeness (QED) is 0.816. The molecule has 0 bridgehead atoms. The van der Waals surface area contributed by atoms with E-state index in [0.717, 1.165) is 0 Å². The lowest BCUT2D eigenvalue weighted by Crippen LogP contribution is -2.31. The summed E-state index contributed by atoms with van der Waals surface area (Å²) in [4.78, 5) is 11.7. The number of nitrogen functional groups attached to an aromatic ring is 1. The number of nitrogens with zero attached hydrogens (tertiary/aromatic N) is 4. The third-order valence-electron chi connectivity index (χ3n) is 3.10. The number of alkyl halides is 2. The molecule has 0 amide bonds. The van der Waals surface area contributed by atoms with Gasteiger partial charge in [0.1, 0.15) is 24.2 Å². The van der Waals surface area contributed by atoms with Crippen molar-refractivity contribution in [2.24, 2.45) is 0 Å². The maximum Gasteiger partial charge on any atom is 0.280 e. The molecule has 2 aromatic rings. The maximum atomic E-state index is 13.6. The second-order valence-electron chi connectivity index (χ2n) is 4.31. The van der Waals surface area contributed by atoms with Crippen LogP contribution in [-0.2, 0) is 4.74 Å². The highest BCUT2D eigenvalue weighted by molar-refractivity contribution is 5.81. The molecule has 7 nitrogen and oxygen atoms in total. The average Bonchev–Trinajstić information content (AvgIpc) is 2.90. The summed E-state index contributed by atoms with van der Waals surface area (Å²) in [5.74, 6) is -2.92. The Balaban J connectivity index is 2.00. The molecule has 0 spiro atoms. The van der Waals surface area contributed by atoms with Gasteiger partial charge in [-0.05, 0) is 0 Å². The van der Waals surface area contributed by atoms with E-state index in [4.69, 9.17) is 15.6 Å². The van der Waals surface area contributed by atoms with Crippen molar-refractivity contribution in [3.63, 3.8) is 0 Å². The number of hydrogen-bond donors (Lipinski definition) is 2. The molecule has 9 heteroatoms. The van der Waals surface area contributed by atoms with E-state index in [2.05, 4.69) is 15.0 Å². The van der Waals surface area contributed by atoms with Crippen LogP contribution in [0.5, 0.6) is 0 Å². The van der Waals surface area contributed by atoms with Gasteiger partial charge < -0.3 is 15.6 Å². The summed E-state index contributed by atoms with van der Waals surface area (Å²) in [6.45, 7) is -0.743. The van der Waals surface area contributed by atoms with Crippen molar-refractivity contribution in [3.05, 3.63) is 12.7 Å². The lowest BCUT2D eigenvalue weighted by Gasteiger charge is -2.14. The van der Waals surface area contributed by atoms with E-state index < -0.39 is 31.3 Å². The molecule has 102 valence electrons. The minimum atomic E-state index is -3.09. The van der Waals surface area contributed by atoms with Crippen LogP contribution in [0.3, 0.4) is 0 Å². The van der Waals surface area contributed by atoms with Crippen LogP contribution in [0.1, 0.15) is 12.6 Å². The second kappa shape index (κ2) is 4.07. The van der Waals surface area contributed by atoms with E-state index in [1.807, 2.05) is 0 Å². The Kier molecular flexibility index (Phi) is 2.61. The van der Waals surface area contributed by atoms with Crippen molar-refractivity contribution >= 4 is 17.0 Å². The van der Waals surface area contributed by atoms with Gasteiger partial charge in [-0.2, -0.15) is 0 Å². The van der Waals surface area contributed by atoms with Gasteiger partial charge in [0.05, 0.1) is 19.4 Å². The van der Waals surface area contributed by atoms with E-state index in [9.17, 15) is 8.78 Å². The molecule has 2 aromatic heterocycles. The molecule has 0 unspecified atom stereocenters. The van der Waals surface area contributed by atoms with Crippen LogP contribution in [-0.4, -0.2) is 43.3 Å². The number of aromatic nitrogens is 4. The van der Waals surface area contributed by atoms with Gasteiger partial charge in [-0.25, -0.2) is 23.7 Å². The first-order chi connectivity index (χ1) is 9.03. The maximum absolute atomic E-state index is 13.6. The van der Waals surface area contributed by atoms with Crippen LogP contribution in [0.2, 0.25) is 0 Å². The van der Waals surface area contributed by atoms with Crippen LogP contribution in [0, 0.1) is 0 Å². The predicted octanol–water partition coefficient (Wildman–Crippen LogP) is 0.324. The highest BCUT2D eigenvalue weighted by atomic mass is 19.3. The topological polar surface area (TPSA) is 99.1 Å². The number of ether oxygens (including phenoxy) is 1. The number of fused-ring (bicyclic) bond motifs is 1. The Hall–Kier alpha value is -1.87. The molecule has 0 aliphatic carbocycles. The van der Waals surface area contributed by atoms with E-state index in [1.165, 1.54) is 17.2 Å². The molecule has 1 saturated heterocycles. The van der Waals surface area contributed by atoms with Crippen molar-refractivity contribution in [2.75, 3.05) is 12.3 Å². The van der Waals surface area contributed by atoms with Crippen molar-refractivity contribution in [3.8, 4) is 0 Å². The molecule has 1 fully saturated rings. The fraction of sp³-hybridized carbons (Fsp3) is 0.500. The number of imidazole rings is 1. The zero-order valence-electron chi connectivity index (χ0n) is 9.70. The van der Waals surface area contributed by atoms with E-state index >= 15 is 0 Å². The summed E-state index contributed by atoms with van der Waals surface area (Å²) in [6, 6.07) is 0. The van der Waals surface area contributed by atoms with Crippen LogP contribution < -0.4 is 5.73 Å². The number of rotatable bonds is 2. The Morgan fingerprint density at radius 1 is 1.47 bits per heavy atom. The third-order valence-corrected chi connectivity index (χ3v) is 3.10. The molecule has 1 aliphatic rings.